The van der Waals surface area contributed by atoms with Crippen molar-refractivity contribution in [2.45, 2.75) is 38.0 Å². The Kier molecular flexibility index (Phi) is 6.99. The molecule has 0 radical (unpaired) electrons. The van der Waals surface area contributed by atoms with E-state index >= 15 is 0 Å². The van der Waals surface area contributed by atoms with Gasteiger partial charge < -0.3 is 10.6 Å². The van der Waals surface area contributed by atoms with Crippen LogP contribution in [0, 0.1) is 0 Å². The molecule has 1 aromatic heterocycles. The van der Waals surface area contributed by atoms with Gasteiger partial charge in [0.15, 0.2) is 0 Å². The lowest BCUT2D eigenvalue weighted by molar-refractivity contribution is 0.0863. The third kappa shape index (κ3) is 4.88. The highest BCUT2D eigenvalue weighted by molar-refractivity contribution is 7.99. The first kappa shape index (κ1) is 19.0. The van der Waals surface area contributed by atoms with Gasteiger partial charge in [0, 0.05) is 63.4 Å². The molecule has 0 aliphatic carbocycles. The highest BCUT2D eigenvalue weighted by Gasteiger charge is 2.27. The lowest BCUT2D eigenvalue weighted by Gasteiger charge is -2.42. The molecular formula is C19H33N5S. The number of nitrogens with two attached hydrogens (primary N) is 1. The van der Waals surface area contributed by atoms with Crippen LogP contribution in [0.5, 0.6) is 0 Å². The van der Waals surface area contributed by atoms with E-state index in [-0.39, 0.29) is 0 Å². The van der Waals surface area contributed by atoms with Crippen molar-refractivity contribution in [3.05, 3.63) is 23.9 Å². The maximum absolute atomic E-state index is 5.75. The SMILES string of the molecule is CCSC(C)c1ccc(N2CCC(N3CCN(CN)CC3)CC2)nc1. The molecule has 0 amide bonds. The Morgan fingerprint density at radius 1 is 1.16 bits per heavy atom. The molecule has 2 saturated heterocycles. The van der Waals surface area contributed by atoms with Gasteiger partial charge >= 0.3 is 0 Å². The molecule has 2 aliphatic rings. The summed E-state index contributed by atoms with van der Waals surface area (Å²) in [6, 6.07) is 5.20. The number of hydrogen-bond donors (Lipinski definition) is 1. The van der Waals surface area contributed by atoms with E-state index in [0.29, 0.717) is 11.9 Å². The first-order valence-electron chi connectivity index (χ1n) is 9.70. The van der Waals surface area contributed by atoms with E-state index in [1.807, 2.05) is 11.8 Å². The summed E-state index contributed by atoms with van der Waals surface area (Å²) in [5.41, 5.74) is 7.08. The Hall–Kier alpha value is -0.820. The number of piperidine rings is 1. The molecular weight excluding hydrogens is 330 g/mol. The molecule has 2 fully saturated rings. The summed E-state index contributed by atoms with van der Waals surface area (Å²) >= 11 is 1.97. The molecule has 2 aliphatic heterocycles. The summed E-state index contributed by atoms with van der Waals surface area (Å²) in [5, 5.41) is 0.532. The molecule has 3 heterocycles. The predicted octanol–water partition coefficient (Wildman–Crippen LogP) is 2.40. The average molecular weight is 364 g/mol. The Balaban J connectivity index is 1.49. The summed E-state index contributed by atoms with van der Waals surface area (Å²) in [6.45, 7) is 12.0. The molecule has 1 unspecified atom stereocenters. The predicted molar refractivity (Wildman–Crippen MR) is 108 cm³/mol. The highest BCUT2D eigenvalue weighted by Crippen LogP contribution is 2.29. The van der Waals surface area contributed by atoms with Crippen LogP contribution >= 0.6 is 11.8 Å². The van der Waals surface area contributed by atoms with Crippen molar-refractivity contribution in [2.75, 3.05) is 56.6 Å². The summed E-state index contributed by atoms with van der Waals surface area (Å²) < 4.78 is 0. The Labute approximate surface area is 156 Å². The van der Waals surface area contributed by atoms with Gasteiger partial charge in [-0.2, -0.15) is 11.8 Å². The van der Waals surface area contributed by atoms with Crippen LogP contribution in [0.3, 0.4) is 0 Å². The third-order valence-corrected chi connectivity index (χ3v) is 6.73. The standard InChI is InChI=1S/C19H33N5S/c1-3-25-16(2)17-4-5-19(21-14-17)24-8-6-18(7-9-24)23-12-10-22(15-20)11-13-23/h4-5,14,16,18H,3,6-13,15,20H2,1-2H3. The van der Waals surface area contributed by atoms with Crippen molar-refractivity contribution < 1.29 is 0 Å². The number of pyridine rings is 1. The maximum Gasteiger partial charge on any atom is 0.128 e. The molecule has 0 spiro atoms. The molecule has 0 aromatic carbocycles. The van der Waals surface area contributed by atoms with E-state index in [1.165, 1.54) is 31.5 Å². The fourth-order valence-electron chi connectivity index (χ4n) is 3.94. The van der Waals surface area contributed by atoms with E-state index in [0.717, 1.165) is 43.8 Å². The van der Waals surface area contributed by atoms with Crippen molar-refractivity contribution in [1.29, 1.82) is 0 Å². The molecule has 0 saturated carbocycles. The van der Waals surface area contributed by atoms with Crippen LogP contribution in [-0.2, 0) is 0 Å². The molecule has 25 heavy (non-hydrogen) atoms. The van der Waals surface area contributed by atoms with Gasteiger partial charge in [0.25, 0.3) is 0 Å². The van der Waals surface area contributed by atoms with Crippen LogP contribution in [0.4, 0.5) is 5.82 Å². The maximum atomic E-state index is 5.75. The molecule has 1 atom stereocenters. The van der Waals surface area contributed by atoms with E-state index in [9.17, 15) is 0 Å². The first-order valence-corrected chi connectivity index (χ1v) is 10.7. The van der Waals surface area contributed by atoms with Crippen LogP contribution < -0.4 is 10.6 Å². The first-order chi connectivity index (χ1) is 12.2. The number of aromatic nitrogens is 1. The zero-order valence-electron chi connectivity index (χ0n) is 15.7. The minimum Gasteiger partial charge on any atom is -0.357 e. The quantitative estimate of drug-likeness (QED) is 0.837. The van der Waals surface area contributed by atoms with Crippen molar-refractivity contribution in [3.8, 4) is 0 Å². The minimum absolute atomic E-state index is 0.532. The summed E-state index contributed by atoms with van der Waals surface area (Å²) in [6.07, 6.45) is 4.56. The number of rotatable bonds is 6. The van der Waals surface area contributed by atoms with Crippen LogP contribution in [-0.4, -0.2) is 72.5 Å². The molecule has 5 nitrogen and oxygen atoms in total. The molecule has 3 rings (SSSR count). The van der Waals surface area contributed by atoms with Crippen molar-refractivity contribution >= 4 is 17.6 Å². The Morgan fingerprint density at radius 3 is 2.44 bits per heavy atom. The van der Waals surface area contributed by atoms with Crippen molar-refractivity contribution in [3.63, 3.8) is 0 Å². The van der Waals surface area contributed by atoms with Gasteiger partial charge in [-0.25, -0.2) is 4.98 Å². The van der Waals surface area contributed by atoms with Gasteiger partial charge in [-0.3, -0.25) is 9.80 Å². The zero-order chi connectivity index (χ0) is 17.6. The molecule has 1 aromatic rings. The van der Waals surface area contributed by atoms with Gasteiger partial charge in [0.1, 0.15) is 5.82 Å². The third-order valence-electron chi connectivity index (χ3n) is 5.63. The monoisotopic (exact) mass is 363 g/mol. The average Bonchev–Trinajstić information content (AvgIpc) is 2.68. The zero-order valence-corrected chi connectivity index (χ0v) is 16.5. The number of anilines is 1. The second-order valence-corrected chi connectivity index (χ2v) is 8.72. The Bertz CT molecular complexity index is 507. The van der Waals surface area contributed by atoms with Gasteiger partial charge in [0.2, 0.25) is 0 Å². The fourth-order valence-corrected chi connectivity index (χ4v) is 4.77. The number of hydrogen-bond acceptors (Lipinski definition) is 6. The molecule has 2 N–H and O–H groups in total. The number of piperazine rings is 1. The van der Waals surface area contributed by atoms with Gasteiger partial charge in [-0.05, 0) is 37.1 Å². The minimum atomic E-state index is 0.532. The number of nitrogens with zero attached hydrogens (tertiary/aromatic N) is 4. The molecule has 140 valence electrons. The van der Waals surface area contributed by atoms with Crippen molar-refractivity contribution in [2.24, 2.45) is 5.73 Å². The molecule has 0 bridgehead atoms. The topological polar surface area (TPSA) is 48.6 Å². The van der Waals surface area contributed by atoms with Crippen LogP contribution in [0.2, 0.25) is 0 Å². The summed E-state index contributed by atoms with van der Waals surface area (Å²) in [5.74, 6) is 2.29. The largest absolute Gasteiger partial charge is 0.357 e. The van der Waals surface area contributed by atoms with E-state index < -0.39 is 0 Å². The number of thioether (sulfide) groups is 1. The second kappa shape index (κ2) is 9.21. The van der Waals surface area contributed by atoms with Gasteiger partial charge in [-0.15, -0.1) is 0 Å². The Morgan fingerprint density at radius 2 is 1.88 bits per heavy atom. The summed E-state index contributed by atoms with van der Waals surface area (Å²) in [4.78, 5) is 12.2. The van der Waals surface area contributed by atoms with Gasteiger partial charge in [0.05, 0.1) is 0 Å². The van der Waals surface area contributed by atoms with Crippen molar-refractivity contribution in [1.82, 2.24) is 14.8 Å². The summed E-state index contributed by atoms with van der Waals surface area (Å²) in [7, 11) is 0. The smallest absolute Gasteiger partial charge is 0.128 e. The van der Waals surface area contributed by atoms with Crippen LogP contribution in [0.15, 0.2) is 18.3 Å². The van der Waals surface area contributed by atoms with Gasteiger partial charge in [-0.1, -0.05) is 13.0 Å². The van der Waals surface area contributed by atoms with E-state index in [4.69, 9.17) is 10.7 Å². The normalized spacial score (nSPS) is 22.3. The fraction of sp³-hybridized carbons (Fsp3) is 0.737. The van der Waals surface area contributed by atoms with E-state index in [1.54, 1.807) is 0 Å². The molecule has 6 heteroatoms. The van der Waals surface area contributed by atoms with E-state index in [2.05, 4.69) is 46.9 Å². The highest BCUT2D eigenvalue weighted by atomic mass is 32.2. The lowest BCUT2D eigenvalue weighted by atomic mass is 10.0. The van der Waals surface area contributed by atoms with Crippen LogP contribution in [0.25, 0.3) is 0 Å². The van der Waals surface area contributed by atoms with Crippen LogP contribution in [0.1, 0.15) is 37.5 Å². The lowest BCUT2D eigenvalue weighted by Crippen LogP contribution is -2.54. The second-order valence-electron chi connectivity index (χ2n) is 7.10.